The van der Waals surface area contributed by atoms with Gasteiger partial charge in [-0.25, -0.2) is 0 Å². The van der Waals surface area contributed by atoms with Crippen molar-refractivity contribution in [2.75, 3.05) is 11.9 Å². The molecule has 0 spiro atoms. The predicted molar refractivity (Wildman–Crippen MR) is 121 cm³/mol. The number of amides is 2. The number of carbonyl (C=O) groups is 2. The molecule has 1 aliphatic heterocycles. The van der Waals surface area contributed by atoms with Crippen LogP contribution in [0.15, 0.2) is 67.0 Å². The maximum Gasteiger partial charge on any atom is 0.254 e. The number of hydrogen-bond donors (Lipinski definition) is 1. The van der Waals surface area contributed by atoms with Crippen LogP contribution in [0.5, 0.6) is 0 Å². The fraction of sp³-hybridized carbons (Fsp3) is 0.208. The second-order valence-corrected chi connectivity index (χ2v) is 7.16. The van der Waals surface area contributed by atoms with Crippen LogP contribution < -0.4 is 10.2 Å². The number of benzene rings is 2. The first-order chi connectivity index (χ1) is 14.5. The van der Waals surface area contributed by atoms with Crippen molar-refractivity contribution in [2.24, 2.45) is 0 Å². The maximum atomic E-state index is 12.9. The second kappa shape index (κ2) is 9.55. The monoisotopic (exact) mass is 421 g/mol. The number of carbonyl (C=O) groups excluding carboxylic acids is 2. The molecule has 1 aliphatic rings. The molecule has 1 unspecified atom stereocenters. The lowest BCUT2D eigenvalue weighted by molar-refractivity contribution is -0.120. The zero-order valence-electron chi connectivity index (χ0n) is 17.2. The number of likely N-dealkylation sites (N-methyl/N-ethyl adjacent to an activating group) is 1. The van der Waals surface area contributed by atoms with Crippen molar-refractivity contribution >= 4 is 29.1 Å². The van der Waals surface area contributed by atoms with Crippen molar-refractivity contribution in [3.8, 4) is 11.1 Å². The SMILES string of the molecule is CC.CN1C(=O)C(Cc2ccc(-c3ccncc3)cc2)NC(=O)c2cc(Cl)ccc21. The first-order valence-corrected chi connectivity index (χ1v) is 10.3. The van der Waals surface area contributed by atoms with Crippen LogP contribution in [-0.2, 0) is 11.2 Å². The van der Waals surface area contributed by atoms with Gasteiger partial charge >= 0.3 is 0 Å². The molecule has 2 amide bonds. The van der Waals surface area contributed by atoms with Gasteiger partial charge in [0, 0.05) is 30.9 Å². The third-order valence-electron chi connectivity index (χ3n) is 4.91. The largest absolute Gasteiger partial charge is 0.340 e. The molecule has 4 rings (SSSR count). The number of aromatic nitrogens is 1. The summed E-state index contributed by atoms with van der Waals surface area (Å²) in [4.78, 5) is 31.1. The molecule has 154 valence electrons. The van der Waals surface area contributed by atoms with Crippen LogP contribution in [0, 0.1) is 0 Å². The molecule has 1 N–H and O–H groups in total. The van der Waals surface area contributed by atoms with Gasteiger partial charge in [-0.1, -0.05) is 49.7 Å². The van der Waals surface area contributed by atoms with Crippen LogP contribution in [0.4, 0.5) is 5.69 Å². The lowest BCUT2D eigenvalue weighted by Crippen LogP contribution is -2.45. The predicted octanol–water partition coefficient (Wildman–Crippen LogP) is 4.75. The Bertz CT molecular complexity index is 1040. The Morgan fingerprint density at radius 3 is 2.27 bits per heavy atom. The van der Waals surface area contributed by atoms with Gasteiger partial charge in [-0.15, -0.1) is 0 Å². The number of nitrogens with zero attached hydrogens (tertiary/aromatic N) is 2. The van der Waals surface area contributed by atoms with Gasteiger partial charge in [-0.3, -0.25) is 14.6 Å². The number of fused-ring (bicyclic) bond motifs is 1. The molecular weight excluding hydrogens is 398 g/mol. The molecule has 0 aliphatic carbocycles. The van der Waals surface area contributed by atoms with E-state index in [1.807, 2.05) is 50.2 Å². The highest BCUT2D eigenvalue weighted by Gasteiger charge is 2.31. The van der Waals surface area contributed by atoms with Crippen LogP contribution in [0.1, 0.15) is 29.8 Å². The number of halogens is 1. The average Bonchev–Trinajstić information content (AvgIpc) is 2.87. The molecule has 5 nitrogen and oxygen atoms in total. The van der Waals surface area contributed by atoms with Gasteiger partial charge in [0.05, 0.1) is 11.3 Å². The van der Waals surface area contributed by atoms with Crippen LogP contribution >= 0.6 is 11.6 Å². The molecule has 2 aromatic carbocycles. The van der Waals surface area contributed by atoms with E-state index in [4.69, 9.17) is 11.6 Å². The lowest BCUT2D eigenvalue weighted by Gasteiger charge is -2.21. The number of hydrogen-bond acceptors (Lipinski definition) is 3. The van der Waals surface area contributed by atoms with E-state index in [0.29, 0.717) is 22.7 Å². The normalized spacial score (nSPS) is 15.5. The Labute approximate surface area is 181 Å². The van der Waals surface area contributed by atoms with E-state index in [1.54, 1.807) is 37.6 Å². The molecule has 0 saturated heterocycles. The molecule has 0 fully saturated rings. The molecule has 1 atom stereocenters. The maximum absolute atomic E-state index is 12.9. The van der Waals surface area contributed by atoms with Gasteiger partial charge in [-0.05, 0) is 47.0 Å². The molecule has 0 radical (unpaired) electrons. The van der Waals surface area contributed by atoms with Crippen molar-refractivity contribution in [2.45, 2.75) is 26.3 Å². The summed E-state index contributed by atoms with van der Waals surface area (Å²) in [5.41, 5.74) is 4.07. The first kappa shape index (κ1) is 21.5. The molecule has 1 aromatic heterocycles. The number of nitrogens with one attached hydrogen (secondary N) is 1. The van der Waals surface area contributed by atoms with Crippen molar-refractivity contribution in [1.82, 2.24) is 10.3 Å². The third-order valence-corrected chi connectivity index (χ3v) is 5.14. The Balaban J connectivity index is 0.00000124. The molecule has 3 aromatic rings. The minimum atomic E-state index is -0.643. The average molecular weight is 422 g/mol. The summed E-state index contributed by atoms with van der Waals surface area (Å²) < 4.78 is 0. The zero-order valence-corrected chi connectivity index (χ0v) is 18.0. The van der Waals surface area contributed by atoms with Gasteiger partial charge in [-0.2, -0.15) is 0 Å². The van der Waals surface area contributed by atoms with Gasteiger partial charge in [0.2, 0.25) is 5.91 Å². The molecule has 2 heterocycles. The Morgan fingerprint density at radius 1 is 0.967 bits per heavy atom. The summed E-state index contributed by atoms with van der Waals surface area (Å²) in [5, 5.41) is 3.30. The van der Waals surface area contributed by atoms with Gasteiger partial charge < -0.3 is 10.2 Å². The summed E-state index contributed by atoms with van der Waals surface area (Å²) in [5.74, 6) is -0.457. The quantitative estimate of drug-likeness (QED) is 0.664. The Morgan fingerprint density at radius 2 is 1.60 bits per heavy atom. The molecule has 30 heavy (non-hydrogen) atoms. The van der Waals surface area contributed by atoms with Crippen LogP contribution in [0.3, 0.4) is 0 Å². The van der Waals surface area contributed by atoms with E-state index in [9.17, 15) is 9.59 Å². The van der Waals surface area contributed by atoms with Crippen molar-refractivity contribution in [3.63, 3.8) is 0 Å². The number of rotatable bonds is 3. The second-order valence-electron chi connectivity index (χ2n) is 6.72. The minimum Gasteiger partial charge on any atom is -0.340 e. The Hall–Kier alpha value is -3.18. The number of pyridine rings is 1. The highest BCUT2D eigenvalue weighted by atomic mass is 35.5. The topological polar surface area (TPSA) is 62.3 Å². The van der Waals surface area contributed by atoms with Crippen LogP contribution in [-0.4, -0.2) is 29.9 Å². The third kappa shape index (κ3) is 4.52. The minimum absolute atomic E-state index is 0.160. The molecule has 0 saturated carbocycles. The summed E-state index contributed by atoms with van der Waals surface area (Å²) in [6.45, 7) is 4.00. The fourth-order valence-corrected chi connectivity index (χ4v) is 3.56. The van der Waals surface area contributed by atoms with E-state index >= 15 is 0 Å². The van der Waals surface area contributed by atoms with Gasteiger partial charge in [0.25, 0.3) is 5.91 Å². The van der Waals surface area contributed by atoms with Crippen molar-refractivity contribution in [1.29, 1.82) is 0 Å². The Kier molecular flexibility index (Phi) is 6.85. The highest BCUT2D eigenvalue weighted by molar-refractivity contribution is 6.31. The van der Waals surface area contributed by atoms with Gasteiger partial charge in [0.15, 0.2) is 0 Å². The van der Waals surface area contributed by atoms with Crippen LogP contribution in [0.2, 0.25) is 5.02 Å². The van der Waals surface area contributed by atoms with E-state index in [2.05, 4.69) is 10.3 Å². The van der Waals surface area contributed by atoms with E-state index in [-0.39, 0.29) is 11.8 Å². The lowest BCUT2D eigenvalue weighted by atomic mass is 10.0. The zero-order chi connectivity index (χ0) is 21.7. The van der Waals surface area contributed by atoms with Crippen molar-refractivity contribution < 1.29 is 9.59 Å². The summed E-state index contributed by atoms with van der Waals surface area (Å²) in [7, 11) is 1.68. The van der Waals surface area contributed by atoms with E-state index < -0.39 is 6.04 Å². The van der Waals surface area contributed by atoms with Gasteiger partial charge in [0.1, 0.15) is 6.04 Å². The smallest absolute Gasteiger partial charge is 0.254 e. The highest BCUT2D eigenvalue weighted by Crippen LogP contribution is 2.27. The molecule has 6 heteroatoms. The fourth-order valence-electron chi connectivity index (χ4n) is 3.38. The summed E-state index contributed by atoms with van der Waals surface area (Å²) in [6.07, 6.45) is 3.92. The first-order valence-electron chi connectivity index (χ1n) is 9.90. The van der Waals surface area contributed by atoms with E-state index in [1.165, 1.54) is 4.90 Å². The van der Waals surface area contributed by atoms with Crippen LogP contribution in [0.25, 0.3) is 11.1 Å². The standard InChI is InChI=1S/C22H18ClN3O2.C2H6/c1-26-20-7-6-17(23)13-18(20)21(27)25-19(22(26)28)12-14-2-4-15(5-3-14)16-8-10-24-11-9-16;1-2/h2-11,13,19H,12H2,1H3,(H,25,27);1-2H3. The van der Waals surface area contributed by atoms with E-state index in [0.717, 1.165) is 16.7 Å². The van der Waals surface area contributed by atoms with Crippen molar-refractivity contribution in [3.05, 3.63) is 83.1 Å². The number of anilines is 1. The molecule has 0 bridgehead atoms. The molecular formula is C24H24ClN3O2. The summed E-state index contributed by atoms with van der Waals surface area (Å²) in [6, 6.07) is 16.2. The summed E-state index contributed by atoms with van der Waals surface area (Å²) >= 11 is 6.02.